The Morgan fingerprint density at radius 1 is 1.06 bits per heavy atom. The molecule has 1 unspecified atom stereocenters. The van der Waals surface area contributed by atoms with Crippen molar-refractivity contribution in [1.82, 2.24) is 19.5 Å². The number of sulfonamides is 1. The first-order valence-electron chi connectivity index (χ1n) is 15.3. The van der Waals surface area contributed by atoms with Crippen LogP contribution in [0.4, 0.5) is 18.0 Å². The maximum Gasteiger partial charge on any atom is 0.511 e. The van der Waals surface area contributed by atoms with Gasteiger partial charge in [-0.2, -0.15) is 18.3 Å². The van der Waals surface area contributed by atoms with E-state index in [2.05, 4.69) is 10.4 Å². The molecular weight excluding hydrogens is 705 g/mol. The van der Waals surface area contributed by atoms with Crippen LogP contribution in [0.1, 0.15) is 51.8 Å². The van der Waals surface area contributed by atoms with E-state index in [9.17, 15) is 41.2 Å². The smallest absolute Gasteiger partial charge is 0.511 e. The number of amides is 1. The molecule has 3 aromatic rings. The third-order valence-corrected chi connectivity index (χ3v) is 8.22. The van der Waals surface area contributed by atoms with Gasteiger partial charge in [0.25, 0.3) is 16.3 Å². The monoisotopic (exact) mass is 740 g/mol. The zero-order valence-electron chi connectivity index (χ0n) is 28.0. The van der Waals surface area contributed by atoms with E-state index in [-0.39, 0.29) is 34.3 Å². The number of benzene rings is 2. The molecule has 1 aromatic heterocycles. The van der Waals surface area contributed by atoms with Crippen LogP contribution in [0.2, 0.25) is 0 Å². The summed E-state index contributed by atoms with van der Waals surface area (Å²) in [6.07, 6.45) is -8.74. The summed E-state index contributed by atoms with van der Waals surface area (Å²) in [6.45, 7) is 7.90. The van der Waals surface area contributed by atoms with E-state index < -0.39 is 70.8 Å². The third-order valence-electron chi connectivity index (χ3n) is 6.83. The van der Waals surface area contributed by atoms with E-state index in [1.807, 2.05) is 11.6 Å². The van der Waals surface area contributed by atoms with Gasteiger partial charge in [-0.05, 0) is 58.0 Å². The highest BCUT2D eigenvalue weighted by molar-refractivity contribution is 7.90. The summed E-state index contributed by atoms with van der Waals surface area (Å²) in [4.78, 5) is 40.7. The number of alkyl halides is 3. The topological polar surface area (TPSA) is 194 Å². The Morgan fingerprint density at radius 3 is 2.27 bits per heavy atom. The Hall–Kier alpha value is -5.40. The molecule has 0 radical (unpaired) electrons. The fourth-order valence-corrected chi connectivity index (χ4v) is 5.37. The zero-order chi connectivity index (χ0) is 37.7. The van der Waals surface area contributed by atoms with Gasteiger partial charge in [0.2, 0.25) is 11.2 Å². The molecule has 2 heterocycles. The molecule has 1 amide bonds. The number of aryl methyl sites for hydroxylation is 1. The lowest BCUT2D eigenvalue weighted by atomic mass is 10.1. The number of hydrogen-bond acceptors (Lipinski definition) is 12. The molecule has 20 heteroatoms. The Balaban J connectivity index is 1.25. The highest BCUT2D eigenvalue weighted by atomic mass is 32.2. The number of halogens is 3. The van der Waals surface area contributed by atoms with Crippen molar-refractivity contribution in [2.45, 2.75) is 76.5 Å². The summed E-state index contributed by atoms with van der Waals surface area (Å²) in [6, 6.07) is 12.3. The molecule has 2 aromatic carbocycles. The first-order valence-corrected chi connectivity index (χ1v) is 16.8. The molecule has 1 fully saturated rings. The molecule has 1 saturated heterocycles. The van der Waals surface area contributed by atoms with Gasteiger partial charge in [0.1, 0.15) is 24.8 Å². The number of esters is 1. The normalized spacial score (nSPS) is 14.7. The Bertz CT molecular complexity index is 1870. The number of carbonyl (C=O) groups excluding carboxylic acids is 3. The summed E-state index contributed by atoms with van der Waals surface area (Å²) in [5, 5.41) is 20.1. The number of hydrazine groups is 1. The van der Waals surface area contributed by atoms with E-state index in [0.717, 1.165) is 33.5 Å². The zero-order valence-corrected chi connectivity index (χ0v) is 28.9. The predicted molar refractivity (Wildman–Crippen MR) is 169 cm³/mol. The number of nitrogens with zero attached hydrogens (tertiary/aromatic N) is 5. The summed E-state index contributed by atoms with van der Waals surface area (Å²) >= 11 is 0. The lowest BCUT2D eigenvalue weighted by Gasteiger charge is -2.33. The van der Waals surface area contributed by atoms with Crippen molar-refractivity contribution in [1.29, 1.82) is 0 Å². The molecule has 1 aliphatic heterocycles. The third kappa shape index (κ3) is 10.8. The maximum absolute atomic E-state index is 13.5. The fraction of sp³-hybridized carbons (Fsp3) is 0.419. The van der Waals surface area contributed by atoms with Crippen LogP contribution in [0.15, 0.2) is 64.8 Å². The molecular formula is C31H35F3N6O10S. The van der Waals surface area contributed by atoms with Crippen molar-refractivity contribution in [2.75, 3.05) is 13.1 Å². The van der Waals surface area contributed by atoms with Gasteiger partial charge < -0.3 is 19.4 Å². The molecule has 16 nitrogen and oxygen atoms in total. The van der Waals surface area contributed by atoms with Gasteiger partial charge in [-0.25, -0.2) is 22.6 Å². The Kier molecular flexibility index (Phi) is 11.5. The standard InChI is InChI=1S/C31H35F3N6O10S/c1-19-6-8-21(9-7-19)25-16-26(31(32,33)34)35-39(25)22-10-12-24(13-11-22)51(45,46)36-27(41)14-15-28(42)48-23-17-38(18-23)40(44)37-50-20(2)47-29(43)49-30(3,4)5/h6-13,16,20,23H,14-15,17-18H2,1-5H3,(H,36,41)/b40-37+. The van der Waals surface area contributed by atoms with E-state index in [0.29, 0.717) is 5.56 Å². The van der Waals surface area contributed by atoms with Crippen molar-refractivity contribution < 1.29 is 60.0 Å². The van der Waals surface area contributed by atoms with Gasteiger partial charge in [-0.15, -0.1) is 5.01 Å². The summed E-state index contributed by atoms with van der Waals surface area (Å²) in [7, 11) is -4.42. The van der Waals surface area contributed by atoms with E-state index >= 15 is 0 Å². The van der Waals surface area contributed by atoms with Crippen molar-refractivity contribution in [3.05, 3.63) is 71.1 Å². The minimum Gasteiger partial charge on any atom is -0.569 e. The lowest BCUT2D eigenvalue weighted by molar-refractivity contribution is -0.728. The Labute approximate surface area is 290 Å². The highest BCUT2D eigenvalue weighted by Crippen LogP contribution is 2.33. The van der Waals surface area contributed by atoms with Crippen LogP contribution in [0.25, 0.3) is 16.9 Å². The van der Waals surface area contributed by atoms with Gasteiger partial charge in [-0.3, -0.25) is 14.4 Å². The molecule has 4 rings (SSSR count). The van der Waals surface area contributed by atoms with Crippen LogP contribution in [0.3, 0.4) is 0 Å². The van der Waals surface area contributed by atoms with Crippen LogP contribution in [-0.2, 0) is 44.8 Å². The highest BCUT2D eigenvalue weighted by Gasteiger charge is 2.37. The second-order valence-electron chi connectivity index (χ2n) is 12.3. The van der Waals surface area contributed by atoms with Crippen LogP contribution in [-0.4, -0.2) is 77.3 Å². The second-order valence-corrected chi connectivity index (χ2v) is 14.0. The van der Waals surface area contributed by atoms with E-state index in [4.69, 9.17) is 19.0 Å². The first kappa shape index (κ1) is 38.4. The summed E-state index contributed by atoms with van der Waals surface area (Å²) < 4.78 is 83.9. The average Bonchev–Trinajstić information content (AvgIpc) is 3.46. The van der Waals surface area contributed by atoms with Crippen molar-refractivity contribution in [2.24, 2.45) is 5.28 Å². The molecule has 0 saturated carbocycles. The first-order chi connectivity index (χ1) is 23.7. The van der Waals surface area contributed by atoms with Crippen molar-refractivity contribution >= 4 is 28.1 Å². The second kappa shape index (κ2) is 15.2. The molecule has 1 N–H and O–H groups in total. The SMILES string of the molecule is Cc1ccc(-c2cc(C(F)(F)F)nn2-c2ccc(S(=O)(=O)NC(=O)CCC(=O)OC3CN(/[N+]([O-])=N\OC(C)OC(=O)OC(C)(C)C)C3)cc2)cc1. The van der Waals surface area contributed by atoms with E-state index in [1.54, 1.807) is 45.0 Å². The minimum atomic E-state index is -4.73. The minimum absolute atomic E-state index is 0.0669. The van der Waals surface area contributed by atoms with Crippen LogP contribution in [0, 0.1) is 12.1 Å². The largest absolute Gasteiger partial charge is 0.569 e. The van der Waals surface area contributed by atoms with Crippen molar-refractivity contribution in [3.8, 4) is 16.9 Å². The molecule has 0 aliphatic carbocycles. The summed E-state index contributed by atoms with van der Waals surface area (Å²) in [5.41, 5.74) is -0.333. The van der Waals surface area contributed by atoms with Gasteiger partial charge in [-0.1, -0.05) is 29.8 Å². The van der Waals surface area contributed by atoms with Gasteiger partial charge in [0, 0.05) is 18.9 Å². The molecule has 276 valence electrons. The molecule has 1 aliphatic rings. The van der Waals surface area contributed by atoms with Crippen LogP contribution < -0.4 is 4.72 Å². The predicted octanol–water partition coefficient (Wildman–Crippen LogP) is 4.79. The molecule has 0 bridgehead atoms. The van der Waals surface area contributed by atoms with Gasteiger partial charge in [0.05, 0.1) is 27.7 Å². The quantitative estimate of drug-likeness (QED) is 0.0879. The molecule has 1 atom stereocenters. The molecule has 51 heavy (non-hydrogen) atoms. The number of aromatic nitrogens is 2. The number of ether oxygens (including phenoxy) is 3. The summed E-state index contributed by atoms with van der Waals surface area (Å²) in [5.74, 6) is -1.84. The van der Waals surface area contributed by atoms with E-state index in [1.165, 1.54) is 19.1 Å². The lowest BCUT2D eigenvalue weighted by Crippen LogP contribution is -2.55. The number of carbonyl (C=O) groups is 3. The maximum atomic E-state index is 13.5. The average molecular weight is 741 g/mol. The molecule has 0 spiro atoms. The van der Waals surface area contributed by atoms with Crippen LogP contribution >= 0.6 is 0 Å². The number of rotatable bonds is 12. The number of hydrogen-bond donors (Lipinski definition) is 1. The van der Waals surface area contributed by atoms with Crippen molar-refractivity contribution in [3.63, 3.8) is 0 Å². The van der Waals surface area contributed by atoms with Gasteiger partial charge in [0.15, 0.2) is 5.69 Å². The van der Waals surface area contributed by atoms with Gasteiger partial charge >= 0.3 is 18.3 Å². The van der Waals surface area contributed by atoms with Crippen LogP contribution in [0.5, 0.6) is 0 Å². The number of nitrogens with one attached hydrogen (secondary N) is 1. The Morgan fingerprint density at radius 2 is 1.69 bits per heavy atom. The fourth-order valence-electron chi connectivity index (χ4n) is 4.35.